The van der Waals surface area contributed by atoms with Crippen LogP contribution in [0.5, 0.6) is 0 Å². The summed E-state index contributed by atoms with van der Waals surface area (Å²) >= 11 is 7.84. The molecule has 0 amide bonds. The van der Waals surface area contributed by atoms with Crippen LogP contribution in [0.25, 0.3) is 21.3 Å². The van der Waals surface area contributed by atoms with Crippen LogP contribution in [0.3, 0.4) is 0 Å². The second-order valence-corrected chi connectivity index (χ2v) is 8.01. The van der Waals surface area contributed by atoms with Gasteiger partial charge in [-0.3, -0.25) is 0 Å². The molecule has 0 unspecified atom stereocenters. The van der Waals surface area contributed by atoms with Gasteiger partial charge in [0.1, 0.15) is 10.6 Å². The summed E-state index contributed by atoms with van der Waals surface area (Å²) in [6.45, 7) is 9.10. The molecular formula is C22H22ClN3S. The smallest absolute Gasteiger partial charge is 0.225 e. The van der Waals surface area contributed by atoms with Crippen LogP contribution in [0.15, 0.2) is 48.9 Å². The highest BCUT2D eigenvalue weighted by molar-refractivity contribution is 7.17. The third kappa shape index (κ3) is 3.52. The molecule has 2 aromatic heterocycles. The van der Waals surface area contributed by atoms with Gasteiger partial charge in [-0.25, -0.2) is 4.98 Å². The predicted molar refractivity (Wildman–Crippen MR) is 117 cm³/mol. The summed E-state index contributed by atoms with van der Waals surface area (Å²) in [4.78, 5) is 12.1. The first-order valence-electron chi connectivity index (χ1n) is 9.25. The van der Waals surface area contributed by atoms with Gasteiger partial charge in [0, 0.05) is 24.0 Å². The van der Waals surface area contributed by atoms with Crippen LogP contribution in [0.4, 0.5) is 5.82 Å². The molecule has 3 aromatic rings. The predicted octanol–water partition coefficient (Wildman–Crippen LogP) is 6.07. The number of anilines is 1. The van der Waals surface area contributed by atoms with E-state index in [4.69, 9.17) is 11.6 Å². The number of hydrogen-bond acceptors (Lipinski definition) is 4. The third-order valence-electron chi connectivity index (χ3n) is 5.05. The first-order valence-corrected chi connectivity index (χ1v) is 10.5. The van der Waals surface area contributed by atoms with E-state index in [2.05, 4.69) is 51.6 Å². The maximum absolute atomic E-state index is 6.22. The molecule has 3 nitrogen and oxygen atoms in total. The van der Waals surface area contributed by atoms with Gasteiger partial charge in [-0.1, -0.05) is 30.4 Å². The number of benzene rings is 1. The Kier molecular flexibility index (Phi) is 5.28. The fraction of sp³-hybridized carbons (Fsp3) is 0.273. The second-order valence-electron chi connectivity index (χ2n) is 6.82. The van der Waals surface area contributed by atoms with E-state index in [9.17, 15) is 0 Å². The Morgan fingerprint density at radius 3 is 2.56 bits per heavy atom. The van der Waals surface area contributed by atoms with Crippen molar-refractivity contribution >= 4 is 39.0 Å². The zero-order valence-electron chi connectivity index (χ0n) is 15.2. The molecule has 0 fully saturated rings. The Balaban J connectivity index is 1.89. The van der Waals surface area contributed by atoms with E-state index >= 15 is 0 Å². The van der Waals surface area contributed by atoms with E-state index < -0.39 is 0 Å². The van der Waals surface area contributed by atoms with Gasteiger partial charge >= 0.3 is 0 Å². The van der Waals surface area contributed by atoms with Crippen molar-refractivity contribution < 1.29 is 0 Å². The lowest BCUT2D eigenvalue weighted by Crippen LogP contribution is -2.24. The van der Waals surface area contributed by atoms with Crippen LogP contribution >= 0.6 is 22.9 Å². The molecule has 1 aromatic carbocycles. The van der Waals surface area contributed by atoms with Crippen LogP contribution in [-0.2, 0) is 12.8 Å². The molecule has 138 valence electrons. The van der Waals surface area contributed by atoms with Gasteiger partial charge < -0.3 is 4.90 Å². The number of nitrogens with zero attached hydrogens (tertiary/aromatic N) is 3. The molecule has 1 aliphatic rings. The van der Waals surface area contributed by atoms with Crippen molar-refractivity contribution in [1.29, 1.82) is 0 Å². The maximum Gasteiger partial charge on any atom is 0.225 e. The molecule has 0 aliphatic heterocycles. The second kappa shape index (κ2) is 7.83. The van der Waals surface area contributed by atoms with E-state index in [0.29, 0.717) is 13.1 Å². The van der Waals surface area contributed by atoms with E-state index in [0.717, 1.165) is 16.0 Å². The van der Waals surface area contributed by atoms with Crippen molar-refractivity contribution in [3.05, 3.63) is 65.3 Å². The molecule has 0 saturated carbocycles. The van der Waals surface area contributed by atoms with E-state index in [1.54, 1.807) is 11.3 Å². The van der Waals surface area contributed by atoms with Crippen molar-refractivity contribution in [3.8, 4) is 11.1 Å². The van der Waals surface area contributed by atoms with Gasteiger partial charge in [-0.2, -0.15) is 4.98 Å². The molecule has 4 rings (SSSR count). The first-order chi connectivity index (χ1) is 13.2. The van der Waals surface area contributed by atoms with E-state index in [-0.39, 0.29) is 5.28 Å². The average Bonchev–Trinajstić information content (AvgIpc) is 3.10. The van der Waals surface area contributed by atoms with E-state index in [1.165, 1.54) is 47.9 Å². The molecule has 0 spiro atoms. The van der Waals surface area contributed by atoms with Crippen molar-refractivity contribution in [2.45, 2.75) is 25.7 Å². The molecule has 0 atom stereocenters. The molecule has 27 heavy (non-hydrogen) atoms. The largest absolute Gasteiger partial charge is 0.348 e. The summed E-state index contributed by atoms with van der Waals surface area (Å²) in [6.07, 6.45) is 8.67. The average molecular weight is 396 g/mol. The fourth-order valence-electron chi connectivity index (χ4n) is 3.80. The lowest BCUT2D eigenvalue weighted by atomic mass is 9.89. The lowest BCUT2D eigenvalue weighted by Gasteiger charge is -2.22. The zero-order chi connectivity index (χ0) is 18.8. The van der Waals surface area contributed by atoms with Gasteiger partial charge in [0.25, 0.3) is 0 Å². The minimum atomic E-state index is 0.273. The summed E-state index contributed by atoms with van der Waals surface area (Å²) in [5.74, 6) is 0.846. The summed E-state index contributed by atoms with van der Waals surface area (Å²) in [5.41, 5.74) is 5.37. The molecular weight excluding hydrogens is 374 g/mol. The molecule has 5 heteroatoms. The zero-order valence-corrected chi connectivity index (χ0v) is 16.8. The molecule has 0 bridgehead atoms. The number of thiophene rings is 1. The van der Waals surface area contributed by atoms with Gasteiger partial charge in [-0.05, 0) is 54.0 Å². The summed E-state index contributed by atoms with van der Waals surface area (Å²) in [7, 11) is 0. The Hall–Kier alpha value is -2.17. The summed E-state index contributed by atoms with van der Waals surface area (Å²) in [6, 6.07) is 6.87. The maximum atomic E-state index is 6.22. The van der Waals surface area contributed by atoms with Gasteiger partial charge in [-0.15, -0.1) is 24.5 Å². The van der Waals surface area contributed by atoms with E-state index in [1.807, 2.05) is 12.2 Å². The molecule has 0 saturated heterocycles. The van der Waals surface area contributed by atoms with Crippen LogP contribution in [0.2, 0.25) is 5.28 Å². The summed E-state index contributed by atoms with van der Waals surface area (Å²) < 4.78 is 0. The normalized spacial score (nSPS) is 13.4. The molecule has 0 N–H and O–H groups in total. The van der Waals surface area contributed by atoms with Crippen LogP contribution in [0, 0.1) is 0 Å². The van der Waals surface area contributed by atoms with Crippen molar-refractivity contribution in [2.24, 2.45) is 0 Å². The molecule has 0 radical (unpaired) electrons. The van der Waals surface area contributed by atoms with Crippen LogP contribution in [-0.4, -0.2) is 23.1 Å². The standard InChI is InChI=1S/C22H22ClN3S/c1-3-11-26(12-4-2)20-19-18(14-27-21(19)25-22(23)24-20)17-10-9-15-7-5-6-8-16(15)13-17/h3-4,9-10,13-14H,1-2,5-8,11-12H2. The molecule has 2 heterocycles. The third-order valence-corrected chi connectivity index (χ3v) is 6.09. The highest BCUT2D eigenvalue weighted by Gasteiger charge is 2.19. The Morgan fingerprint density at radius 1 is 1.07 bits per heavy atom. The highest BCUT2D eigenvalue weighted by atomic mass is 35.5. The Labute approximate surface area is 169 Å². The molecule has 1 aliphatic carbocycles. The van der Waals surface area contributed by atoms with Crippen molar-refractivity contribution in [2.75, 3.05) is 18.0 Å². The lowest BCUT2D eigenvalue weighted by molar-refractivity contribution is 0.686. The SMILES string of the molecule is C=CCN(CC=C)c1nc(Cl)nc2scc(-c3ccc4c(c3)CCCC4)c12. The number of aromatic nitrogens is 2. The fourth-order valence-corrected chi connectivity index (χ4v) is 4.96. The van der Waals surface area contributed by atoms with Gasteiger partial charge in [0.05, 0.1) is 5.39 Å². The number of hydrogen-bond donors (Lipinski definition) is 0. The van der Waals surface area contributed by atoms with Gasteiger partial charge in [0.15, 0.2) is 0 Å². The highest BCUT2D eigenvalue weighted by Crippen LogP contribution is 2.40. The van der Waals surface area contributed by atoms with Crippen molar-refractivity contribution in [1.82, 2.24) is 9.97 Å². The van der Waals surface area contributed by atoms with Crippen molar-refractivity contribution in [3.63, 3.8) is 0 Å². The van der Waals surface area contributed by atoms with Crippen LogP contribution < -0.4 is 4.90 Å². The van der Waals surface area contributed by atoms with Gasteiger partial charge in [0.2, 0.25) is 5.28 Å². The minimum absolute atomic E-state index is 0.273. The number of aryl methyl sites for hydroxylation is 2. The Bertz CT molecular complexity index is 998. The number of rotatable bonds is 6. The topological polar surface area (TPSA) is 29.0 Å². The van der Waals surface area contributed by atoms with Crippen LogP contribution in [0.1, 0.15) is 24.0 Å². The number of fused-ring (bicyclic) bond motifs is 2. The monoisotopic (exact) mass is 395 g/mol. The Morgan fingerprint density at radius 2 is 1.81 bits per heavy atom. The summed E-state index contributed by atoms with van der Waals surface area (Å²) in [5, 5.41) is 3.50. The minimum Gasteiger partial charge on any atom is -0.348 e. The number of halogens is 1. The quantitative estimate of drug-likeness (QED) is 0.374. The first kappa shape index (κ1) is 18.2.